The Morgan fingerprint density at radius 3 is 2.75 bits per heavy atom. The highest BCUT2D eigenvalue weighted by Crippen LogP contribution is 2.24. The Bertz CT molecular complexity index is 648. The fourth-order valence-electron chi connectivity index (χ4n) is 1.65. The number of H-pyrrole nitrogens is 1. The molecule has 1 aromatic heterocycles. The van der Waals surface area contributed by atoms with E-state index in [4.69, 9.17) is 11.6 Å². The van der Waals surface area contributed by atoms with Crippen LogP contribution in [0.1, 0.15) is 5.56 Å². The number of aryl methyl sites for hydroxylation is 1. The van der Waals surface area contributed by atoms with Crippen LogP contribution in [0.15, 0.2) is 23.0 Å². The molecule has 0 bridgehead atoms. The molecular weight excluding hydrogens is 232 g/mol. The van der Waals surface area contributed by atoms with Crippen LogP contribution in [0.5, 0.6) is 0 Å². The van der Waals surface area contributed by atoms with Crippen molar-refractivity contribution in [3.05, 3.63) is 49.3 Å². The number of hydrogen-bond acceptors (Lipinski definition) is 3. The van der Waals surface area contributed by atoms with Gasteiger partial charge in [0.2, 0.25) is 0 Å². The van der Waals surface area contributed by atoms with Crippen LogP contribution >= 0.6 is 11.6 Å². The van der Waals surface area contributed by atoms with E-state index in [0.29, 0.717) is 21.5 Å². The number of halogens is 1. The van der Waals surface area contributed by atoms with Crippen molar-refractivity contribution in [2.24, 2.45) is 0 Å². The topological polar surface area (TPSA) is 76.0 Å². The normalized spacial score (nSPS) is 10.6. The third-order valence-electron chi connectivity index (χ3n) is 2.39. The molecule has 0 aliphatic rings. The minimum Gasteiger partial charge on any atom is -0.316 e. The van der Waals surface area contributed by atoms with Gasteiger partial charge in [0.1, 0.15) is 0 Å². The maximum atomic E-state index is 11.5. The van der Waals surface area contributed by atoms with Crippen LogP contribution in [0.4, 0.5) is 5.69 Å². The summed E-state index contributed by atoms with van der Waals surface area (Å²) in [7, 11) is 0. The first kappa shape index (κ1) is 10.6. The largest absolute Gasteiger partial charge is 0.337 e. The number of nitrogens with zero attached hydrogens (tertiary/aromatic N) is 1. The molecule has 2 aromatic rings. The van der Waals surface area contributed by atoms with Crippen LogP contribution < -0.4 is 5.56 Å². The Hall–Kier alpha value is -1.88. The SMILES string of the molecule is Cc1c([N+](=O)[O-])c(=O)[nH]c2cc(Cl)ccc12. The lowest BCUT2D eigenvalue weighted by atomic mass is 10.1. The van der Waals surface area contributed by atoms with Gasteiger partial charge in [0.25, 0.3) is 0 Å². The first-order chi connectivity index (χ1) is 7.50. The van der Waals surface area contributed by atoms with Gasteiger partial charge in [-0.3, -0.25) is 14.9 Å². The van der Waals surface area contributed by atoms with Crippen molar-refractivity contribution in [3.8, 4) is 0 Å². The summed E-state index contributed by atoms with van der Waals surface area (Å²) in [6, 6.07) is 4.84. The van der Waals surface area contributed by atoms with Crippen molar-refractivity contribution >= 4 is 28.2 Å². The molecule has 0 atom stereocenters. The van der Waals surface area contributed by atoms with Crippen molar-refractivity contribution in [3.63, 3.8) is 0 Å². The number of fused-ring (bicyclic) bond motifs is 1. The molecule has 0 saturated carbocycles. The van der Waals surface area contributed by atoms with Gasteiger partial charge in [-0.15, -0.1) is 0 Å². The van der Waals surface area contributed by atoms with Crippen molar-refractivity contribution < 1.29 is 4.92 Å². The molecule has 1 N–H and O–H groups in total. The van der Waals surface area contributed by atoms with Gasteiger partial charge < -0.3 is 4.98 Å². The second kappa shape index (κ2) is 3.61. The Kier molecular flexibility index (Phi) is 2.40. The number of nitro groups is 1. The number of benzene rings is 1. The number of nitrogens with one attached hydrogen (secondary N) is 1. The Labute approximate surface area is 94.8 Å². The van der Waals surface area contributed by atoms with E-state index in [0.717, 1.165) is 0 Å². The van der Waals surface area contributed by atoms with Crippen molar-refractivity contribution in [1.29, 1.82) is 0 Å². The van der Waals surface area contributed by atoms with E-state index in [1.807, 2.05) is 0 Å². The molecule has 6 heteroatoms. The molecule has 0 amide bonds. The molecule has 0 saturated heterocycles. The van der Waals surface area contributed by atoms with Gasteiger partial charge in [-0.05, 0) is 19.1 Å². The van der Waals surface area contributed by atoms with Crippen molar-refractivity contribution in [2.75, 3.05) is 0 Å². The monoisotopic (exact) mass is 238 g/mol. The zero-order valence-electron chi connectivity index (χ0n) is 8.28. The highest BCUT2D eigenvalue weighted by Gasteiger charge is 2.18. The Balaban J connectivity index is 2.94. The smallest absolute Gasteiger partial charge is 0.316 e. The average Bonchev–Trinajstić information content (AvgIpc) is 2.15. The summed E-state index contributed by atoms with van der Waals surface area (Å²) in [5.41, 5.74) is -0.284. The summed E-state index contributed by atoms with van der Waals surface area (Å²) in [4.78, 5) is 23.9. The summed E-state index contributed by atoms with van der Waals surface area (Å²) < 4.78 is 0. The van der Waals surface area contributed by atoms with Crippen LogP contribution in [0, 0.1) is 17.0 Å². The minimum atomic E-state index is -0.711. The summed E-state index contributed by atoms with van der Waals surface area (Å²) in [5.74, 6) is 0. The first-order valence-electron chi connectivity index (χ1n) is 4.47. The van der Waals surface area contributed by atoms with Gasteiger partial charge in [0.15, 0.2) is 0 Å². The number of aromatic amines is 1. The van der Waals surface area contributed by atoms with E-state index in [-0.39, 0.29) is 0 Å². The molecule has 1 heterocycles. The second-order valence-electron chi connectivity index (χ2n) is 3.37. The summed E-state index contributed by atoms with van der Waals surface area (Å²) in [6.07, 6.45) is 0. The van der Waals surface area contributed by atoms with Gasteiger partial charge in [0, 0.05) is 16.0 Å². The van der Waals surface area contributed by atoms with E-state index in [9.17, 15) is 14.9 Å². The van der Waals surface area contributed by atoms with E-state index in [1.165, 1.54) is 0 Å². The molecule has 0 aliphatic heterocycles. The highest BCUT2D eigenvalue weighted by atomic mass is 35.5. The molecule has 1 aromatic carbocycles. The molecule has 5 nitrogen and oxygen atoms in total. The zero-order chi connectivity index (χ0) is 11.9. The molecule has 0 fully saturated rings. The summed E-state index contributed by atoms with van der Waals surface area (Å²) in [5, 5.41) is 11.8. The van der Waals surface area contributed by atoms with E-state index >= 15 is 0 Å². The molecule has 0 radical (unpaired) electrons. The quantitative estimate of drug-likeness (QED) is 0.612. The van der Waals surface area contributed by atoms with E-state index in [2.05, 4.69) is 4.98 Å². The number of pyridine rings is 1. The molecule has 2 rings (SSSR count). The number of hydrogen-bond donors (Lipinski definition) is 1. The minimum absolute atomic E-state index is 0.348. The first-order valence-corrected chi connectivity index (χ1v) is 4.85. The Morgan fingerprint density at radius 2 is 2.12 bits per heavy atom. The fourth-order valence-corrected chi connectivity index (χ4v) is 1.82. The van der Waals surface area contributed by atoms with Crippen LogP contribution in [-0.2, 0) is 0 Å². The third kappa shape index (κ3) is 1.55. The van der Waals surface area contributed by atoms with E-state index < -0.39 is 16.2 Å². The molecule has 0 spiro atoms. The van der Waals surface area contributed by atoms with Crippen LogP contribution in [-0.4, -0.2) is 9.91 Å². The zero-order valence-corrected chi connectivity index (χ0v) is 9.04. The second-order valence-corrected chi connectivity index (χ2v) is 3.81. The van der Waals surface area contributed by atoms with Crippen LogP contribution in [0.25, 0.3) is 10.9 Å². The summed E-state index contributed by atoms with van der Waals surface area (Å²) in [6.45, 7) is 1.55. The predicted octanol–water partition coefficient (Wildman–Crippen LogP) is 2.40. The lowest BCUT2D eigenvalue weighted by Gasteiger charge is -2.02. The fraction of sp³-hybridized carbons (Fsp3) is 0.100. The lowest BCUT2D eigenvalue weighted by molar-refractivity contribution is -0.386. The average molecular weight is 239 g/mol. The molecule has 0 unspecified atom stereocenters. The van der Waals surface area contributed by atoms with Gasteiger partial charge in [-0.25, -0.2) is 0 Å². The van der Waals surface area contributed by atoms with Gasteiger partial charge in [0.05, 0.1) is 10.4 Å². The number of aromatic nitrogens is 1. The maximum absolute atomic E-state index is 11.5. The van der Waals surface area contributed by atoms with Gasteiger partial charge in [-0.1, -0.05) is 17.7 Å². The van der Waals surface area contributed by atoms with Crippen molar-refractivity contribution in [1.82, 2.24) is 4.98 Å². The number of rotatable bonds is 1. The van der Waals surface area contributed by atoms with Gasteiger partial charge in [-0.2, -0.15) is 0 Å². The maximum Gasteiger partial charge on any atom is 0.337 e. The molecule has 0 aliphatic carbocycles. The van der Waals surface area contributed by atoms with Crippen LogP contribution in [0.2, 0.25) is 5.02 Å². The van der Waals surface area contributed by atoms with E-state index in [1.54, 1.807) is 25.1 Å². The van der Waals surface area contributed by atoms with Crippen molar-refractivity contribution in [2.45, 2.75) is 6.92 Å². The standard InChI is InChI=1S/C10H7ClN2O3/c1-5-7-3-2-6(11)4-8(7)12-10(14)9(5)13(15)16/h2-4H,1H3,(H,12,14). The Morgan fingerprint density at radius 1 is 1.44 bits per heavy atom. The molecule has 16 heavy (non-hydrogen) atoms. The highest BCUT2D eigenvalue weighted by molar-refractivity contribution is 6.31. The molecular formula is C10H7ClN2O3. The third-order valence-corrected chi connectivity index (χ3v) is 2.62. The van der Waals surface area contributed by atoms with Crippen LogP contribution in [0.3, 0.4) is 0 Å². The predicted molar refractivity (Wildman–Crippen MR) is 61.0 cm³/mol. The molecule has 82 valence electrons. The lowest BCUT2D eigenvalue weighted by Crippen LogP contribution is -2.13. The summed E-state index contributed by atoms with van der Waals surface area (Å²) >= 11 is 5.77. The van der Waals surface area contributed by atoms with Gasteiger partial charge >= 0.3 is 11.2 Å².